The van der Waals surface area contributed by atoms with Crippen molar-refractivity contribution in [1.82, 2.24) is 5.32 Å². The van der Waals surface area contributed by atoms with Crippen molar-refractivity contribution in [2.75, 3.05) is 0 Å². The molecule has 1 aliphatic rings. The predicted octanol–water partition coefficient (Wildman–Crippen LogP) is 2.78. The minimum atomic E-state index is -0.175. The summed E-state index contributed by atoms with van der Waals surface area (Å²) < 4.78 is 0. The molecule has 1 saturated carbocycles. The van der Waals surface area contributed by atoms with Crippen LogP contribution in [0.1, 0.15) is 49.5 Å². The molecule has 0 saturated heterocycles. The van der Waals surface area contributed by atoms with Crippen LogP contribution in [0, 0.1) is 5.92 Å². The van der Waals surface area contributed by atoms with Crippen molar-refractivity contribution in [2.24, 2.45) is 11.7 Å². The first kappa shape index (κ1) is 15.0. The lowest BCUT2D eigenvalue weighted by atomic mass is 9.83. The molecular weight excluding hydrogens is 268 g/mol. The molecule has 20 heavy (non-hydrogen) atoms. The van der Waals surface area contributed by atoms with Gasteiger partial charge >= 0.3 is 0 Å². The first-order chi connectivity index (χ1) is 9.30. The van der Waals surface area contributed by atoms with Gasteiger partial charge in [0, 0.05) is 5.56 Å². The quantitative estimate of drug-likeness (QED) is 0.838. The largest absolute Gasteiger partial charge is 0.392 e. The highest BCUT2D eigenvalue weighted by molar-refractivity contribution is 7.80. The molecule has 1 aliphatic carbocycles. The standard InChI is InChI=1S/C16H22N2OS/c1-16(2,3)12-7-5-4-6-11(12)15(19)18-13(14(17)20)10-8-9-10/h4-7,10,13H,8-9H2,1-3H3,(H2,17,20)(H,18,19). The molecule has 1 unspecified atom stereocenters. The molecule has 1 aromatic rings. The molecule has 0 radical (unpaired) electrons. The van der Waals surface area contributed by atoms with Gasteiger partial charge in [-0.15, -0.1) is 0 Å². The predicted molar refractivity (Wildman–Crippen MR) is 85.9 cm³/mol. The van der Waals surface area contributed by atoms with Crippen molar-refractivity contribution >= 4 is 23.1 Å². The van der Waals surface area contributed by atoms with E-state index in [4.69, 9.17) is 18.0 Å². The van der Waals surface area contributed by atoms with E-state index in [0.29, 0.717) is 16.5 Å². The Balaban J connectivity index is 2.23. The van der Waals surface area contributed by atoms with Gasteiger partial charge in [0.05, 0.1) is 11.0 Å². The van der Waals surface area contributed by atoms with E-state index in [1.54, 1.807) is 0 Å². The van der Waals surface area contributed by atoms with Crippen LogP contribution in [0.2, 0.25) is 0 Å². The third-order valence-electron chi connectivity index (χ3n) is 3.67. The third-order valence-corrected chi connectivity index (χ3v) is 3.92. The van der Waals surface area contributed by atoms with Crippen LogP contribution in [-0.2, 0) is 5.41 Å². The maximum atomic E-state index is 12.5. The van der Waals surface area contributed by atoms with E-state index in [1.165, 1.54) is 0 Å². The fraction of sp³-hybridized carbons (Fsp3) is 0.500. The number of hydrogen-bond donors (Lipinski definition) is 2. The Morgan fingerprint density at radius 3 is 2.45 bits per heavy atom. The molecule has 1 atom stereocenters. The van der Waals surface area contributed by atoms with Crippen molar-refractivity contribution in [3.05, 3.63) is 35.4 Å². The normalized spacial score (nSPS) is 16.6. The highest BCUT2D eigenvalue weighted by Gasteiger charge is 2.34. The molecule has 2 rings (SSSR count). The van der Waals surface area contributed by atoms with Gasteiger partial charge in [-0.25, -0.2) is 0 Å². The third kappa shape index (κ3) is 3.37. The van der Waals surface area contributed by atoms with Crippen molar-refractivity contribution in [2.45, 2.75) is 45.1 Å². The Labute approximate surface area is 125 Å². The van der Waals surface area contributed by atoms with Gasteiger partial charge < -0.3 is 11.1 Å². The van der Waals surface area contributed by atoms with Crippen LogP contribution in [-0.4, -0.2) is 16.9 Å². The molecule has 3 N–H and O–H groups in total. The highest BCUT2D eigenvalue weighted by atomic mass is 32.1. The Morgan fingerprint density at radius 1 is 1.35 bits per heavy atom. The lowest BCUT2D eigenvalue weighted by Crippen LogP contribution is -2.45. The van der Waals surface area contributed by atoms with Crippen molar-refractivity contribution < 1.29 is 4.79 Å². The zero-order chi connectivity index (χ0) is 14.9. The van der Waals surface area contributed by atoms with E-state index < -0.39 is 0 Å². The minimum Gasteiger partial charge on any atom is -0.392 e. The molecule has 1 amide bonds. The SMILES string of the molecule is CC(C)(C)c1ccccc1C(=O)NC(C(N)=S)C1CC1. The summed E-state index contributed by atoms with van der Waals surface area (Å²) in [7, 11) is 0. The number of hydrogen-bond acceptors (Lipinski definition) is 2. The molecule has 0 bridgehead atoms. The molecule has 4 heteroatoms. The van der Waals surface area contributed by atoms with Gasteiger partial charge in [-0.1, -0.05) is 51.2 Å². The summed E-state index contributed by atoms with van der Waals surface area (Å²) >= 11 is 5.07. The lowest BCUT2D eigenvalue weighted by molar-refractivity contribution is 0.0941. The number of nitrogens with one attached hydrogen (secondary N) is 1. The Hall–Kier alpha value is -1.42. The monoisotopic (exact) mass is 290 g/mol. The van der Waals surface area contributed by atoms with Gasteiger partial charge in [-0.05, 0) is 35.8 Å². The summed E-state index contributed by atoms with van der Waals surface area (Å²) in [5, 5.41) is 3.00. The number of carbonyl (C=O) groups is 1. The Kier molecular flexibility index (Phi) is 4.14. The molecular formula is C16H22N2OS. The van der Waals surface area contributed by atoms with Crippen LogP contribution in [0.15, 0.2) is 24.3 Å². The number of thiocarbonyl (C=S) groups is 1. The molecule has 1 aromatic carbocycles. The van der Waals surface area contributed by atoms with Gasteiger partial charge in [-0.3, -0.25) is 4.79 Å². The van der Waals surface area contributed by atoms with E-state index in [0.717, 1.165) is 18.4 Å². The van der Waals surface area contributed by atoms with Crippen LogP contribution in [0.3, 0.4) is 0 Å². The van der Waals surface area contributed by atoms with Gasteiger partial charge in [-0.2, -0.15) is 0 Å². The topological polar surface area (TPSA) is 55.1 Å². The second-order valence-electron chi connectivity index (χ2n) is 6.49. The van der Waals surface area contributed by atoms with Crippen LogP contribution in [0.25, 0.3) is 0 Å². The maximum absolute atomic E-state index is 12.5. The zero-order valence-corrected chi connectivity index (χ0v) is 13.1. The summed E-state index contributed by atoms with van der Waals surface area (Å²) in [6.45, 7) is 6.31. The summed E-state index contributed by atoms with van der Waals surface area (Å²) in [5.74, 6) is 0.332. The number of benzene rings is 1. The van der Waals surface area contributed by atoms with Crippen LogP contribution >= 0.6 is 12.2 Å². The number of amides is 1. The molecule has 3 nitrogen and oxygen atoms in total. The number of nitrogens with two attached hydrogens (primary N) is 1. The molecule has 1 fully saturated rings. The fourth-order valence-electron chi connectivity index (χ4n) is 2.40. The summed E-state index contributed by atoms with van der Waals surface area (Å²) in [6, 6.07) is 7.53. The number of rotatable bonds is 4. The minimum absolute atomic E-state index is 0.0771. The molecule has 108 valence electrons. The maximum Gasteiger partial charge on any atom is 0.252 e. The van der Waals surface area contributed by atoms with Crippen LogP contribution in [0.5, 0.6) is 0 Å². The number of carbonyl (C=O) groups excluding carboxylic acids is 1. The first-order valence-electron chi connectivity index (χ1n) is 7.00. The summed E-state index contributed by atoms with van der Waals surface area (Å²) in [5.41, 5.74) is 7.41. The van der Waals surface area contributed by atoms with Crippen molar-refractivity contribution in [1.29, 1.82) is 0 Å². The summed E-state index contributed by atoms with van der Waals surface area (Å²) in [6.07, 6.45) is 2.17. The Morgan fingerprint density at radius 2 is 1.95 bits per heavy atom. The molecule has 0 heterocycles. The average molecular weight is 290 g/mol. The molecule has 0 aliphatic heterocycles. The van der Waals surface area contributed by atoms with Crippen LogP contribution < -0.4 is 11.1 Å². The molecule has 0 spiro atoms. The average Bonchev–Trinajstić information content (AvgIpc) is 3.18. The van der Waals surface area contributed by atoms with E-state index in [2.05, 4.69) is 26.1 Å². The zero-order valence-electron chi connectivity index (χ0n) is 12.3. The summed E-state index contributed by atoms with van der Waals surface area (Å²) in [4.78, 5) is 12.9. The smallest absolute Gasteiger partial charge is 0.252 e. The first-order valence-corrected chi connectivity index (χ1v) is 7.41. The second kappa shape index (κ2) is 5.52. The second-order valence-corrected chi connectivity index (χ2v) is 6.96. The van der Waals surface area contributed by atoms with Crippen LogP contribution in [0.4, 0.5) is 0 Å². The highest BCUT2D eigenvalue weighted by Crippen LogP contribution is 2.33. The van der Waals surface area contributed by atoms with E-state index in [-0.39, 0.29) is 17.4 Å². The fourth-order valence-corrected chi connectivity index (χ4v) is 2.66. The molecule has 0 aromatic heterocycles. The van der Waals surface area contributed by atoms with E-state index >= 15 is 0 Å². The van der Waals surface area contributed by atoms with Gasteiger partial charge in [0.15, 0.2) is 0 Å². The van der Waals surface area contributed by atoms with Crippen molar-refractivity contribution in [3.8, 4) is 0 Å². The van der Waals surface area contributed by atoms with Gasteiger partial charge in [0.1, 0.15) is 0 Å². The van der Waals surface area contributed by atoms with E-state index in [1.807, 2.05) is 24.3 Å². The van der Waals surface area contributed by atoms with Crippen molar-refractivity contribution in [3.63, 3.8) is 0 Å². The lowest BCUT2D eigenvalue weighted by Gasteiger charge is -2.24. The van der Waals surface area contributed by atoms with Gasteiger partial charge in [0.2, 0.25) is 0 Å². The van der Waals surface area contributed by atoms with E-state index in [9.17, 15) is 4.79 Å². The Bertz CT molecular complexity index is 530. The van der Waals surface area contributed by atoms with Gasteiger partial charge in [0.25, 0.3) is 5.91 Å².